The van der Waals surface area contributed by atoms with Crippen molar-refractivity contribution in [3.63, 3.8) is 0 Å². The molecule has 34 heavy (non-hydrogen) atoms. The van der Waals surface area contributed by atoms with Gasteiger partial charge in [-0.1, -0.05) is 0 Å². The molecular weight excluding hydrogens is 585 g/mol. The molecule has 3 rings (SSSR count). The Balaban J connectivity index is 2.54. The second-order valence-corrected chi connectivity index (χ2v) is 30.0. The average molecular weight is 623 g/mol. The summed E-state index contributed by atoms with van der Waals surface area (Å²) in [5.74, 6) is 1.46. The monoisotopic (exact) mass is 622 g/mol. The van der Waals surface area contributed by atoms with Gasteiger partial charge in [0.25, 0.3) is 0 Å². The predicted octanol–water partition coefficient (Wildman–Crippen LogP) is 10.4. The first-order valence-electron chi connectivity index (χ1n) is 12.3. The van der Waals surface area contributed by atoms with Gasteiger partial charge in [-0.15, -0.1) is 0 Å². The summed E-state index contributed by atoms with van der Waals surface area (Å²) in [7, 11) is 21.1. The molecule has 0 unspecified atom stereocenters. The van der Waals surface area contributed by atoms with E-state index in [4.69, 9.17) is 26.8 Å². The van der Waals surface area contributed by atoms with Crippen LogP contribution in [0.15, 0.2) is 54.6 Å². The maximum absolute atomic E-state index is 7.04. The fraction of sp³-hybridized carbons (Fsp3) is 0.400. The van der Waals surface area contributed by atoms with E-state index in [1.54, 1.807) is 0 Å². The summed E-state index contributed by atoms with van der Waals surface area (Å²) < 4.78 is 0.979. The van der Waals surface area contributed by atoms with Crippen LogP contribution in [0.25, 0.3) is 22.3 Å². The third-order valence-corrected chi connectivity index (χ3v) is 13.6. The van der Waals surface area contributed by atoms with E-state index in [2.05, 4.69) is 110 Å². The molecule has 0 radical (unpaired) electrons. The minimum absolute atomic E-state index is 0.366. The van der Waals surface area contributed by atoms with Gasteiger partial charge in [0.2, 0.25) is 0 Å². The number of halogens is 3. The van der Waals surface area contributed by atoms with Crippen molar-refractivity contribution in [3.8, 4) is 22.3 Å². The third-order valence-electron chi connectivity index (χ3n) is 6.63. The van der Waals surface area contributed by atoms with Gasteiger partial charge in [0.15, 0.2) is 0 Å². The summed E-state index contributed by atoms with van der Waals surface area (Å²) in [4.78, 5) is 0. The van der Waals surface area contributed by atoms with Gasteiger partial charge < -0.3 is 0 Å². The van der Waals surface area contributed by atoms with Gasteiger partial charge in [-0.3, -0.25) is 0 Å². The van der Waals surface area contributed by atoms with Crippen LogP contribution in [0.5, 0.6) is 0 Å². The minimum atomic E-state index is -4.18. The van der Waals surface area contributed by atoms with E-state index < -0.39 is 15.0 Å². The van der Waals surface area contributed by atoms with Crippen LogP contribution in [-0.4, -0.2) is 15.0 Å². The molecule has 0 aliphatic carbocycles. The van der Waals surface area contributed by atoms with Crippen molar-refractivity contribution in [2.24, 2.45) is 0 Å². The second kappa shape index (κ2) is 11.2. The molecule has 0 fully saturated rings. The summed E-state index contributed by atoms with van der Waals surface area (Å²) in [6.07, 6.45) is 0. The van der Waals surface area contributed by atoms with E-state index in [1.807, 2.05) is 0 Å². The predicted molar refractivity (Wildman–Crippen MR) is 157 cm³/mol. The fourth-order valence-corrected chi connectivity index (χ4v) is 12.0. The first-order chi connectivity index (χ1) is 15.9. The molecule has 4 heteroatoms. The molecule has 0 N–H and O–H groups in total. The molecule has 3 aromatic carbocycles. The van der Waals surface area contributed by atoms with Gasteiger partial charge in [-0.25, -0.2) is 0 Å². The van der Waals surface area contributed by atoms with Crippen LogP contribution >= 0.6 is 26.8 Å². The number of rotatable bonds is 7. The Hall–Kier alpha value is -0.671. The standard InChI is InChI=1S/C30H37.3ClH.Sn/c1-19(2)25-14-10-15-26(20(3)4)29(25)23-12-9-13-24(18-23)30-27(21(5)6)16-11-17-28(30)22(7)8;;;;/h9-17,19-22H,1-8H3;3*1H;/q;;;;+3/p-3. The Morgan fingerprint density at radius 2 is 0.735 bits per heavy atom. The summed E-state index contributed by atoms with van der Waals surface area (Å²) >= 11 is -4.18. The Morgan fingerprint density at radius 1 is 0.471 bits per heavy atom. The molecule has 0 nitrogen and oxygen atoms in total. The van der Waals surface area contributed by atoms with Crippen molar-refractivity contribution in [3.05, 3.63) is 76.9 Å². The molecule has 0 spiro atoms. The van der Waals surface area contributed by atoms with Crippen molar-refractivity contribution in [2.45, 2.75) is 79.1 Å². The SMILES string of the molecule is CC(C)c1cccc(C(C)C)c1-c1cccc(-c2c(C(C)C)cccc2C(C)C)[c]1[Sn]([Cl])([Cl])[Cl]. The van der Waals surface area contributed by atoms with Crippen LogP contribution in [0.3, 0.4) is 0 Å². The molecule has 0 saturated carbocycles. The topological polar surface area (TPSA) is 0 Å². The summed E-state index contributed by atoms with van der Waals surface area (Å²) in [5, 5.41) is 0. The molecule has 0 atom stereocenters. The molecular formula is C30H37Cl3Sn. The van der Waals surface area contributed by atoms with Crippen LogP contribution < -0.4 is 3.58 Å². The van der Waals surface area contributed by atoms with E-state index >= 15 is 0 Å². The average Bonchev–Trinajstić information content (AvgIpc) is 2.76. The summed E-state index contributed by atoms with van der Waals surface area (Å²) in [5.41, 5.74) is 9.96. The zero-order valence-electron chi connectivity index (χ0n) is 21.6. The molecule has 0 aromatic heterocycles. The van der Waals surface area contributed by atoms with Gasteiger partial charge >= 0.3 is 224 Å². The van der Waals surface area contributed by atoms with Gasteiger partial charge in [-0.05, 0) is 0 Å². The Labute approximate surface area is 222 Å². The van der Waals surface area contributed by atoms with E-state index in [0.717, 1.165) is 14.7 Å². The van der Waals surface area contributed by atoms with Gasteiger partial charge in [0.05, 0.1) is 0 Å². The van der Waals surface area contributed by atoms with Gasteiger partial charge in [-0.2, -0.15) is 0 Å². The van der Waals surface area contributed by atoms with E-state index in [9.17, 15) is 0 Å². The van der Waals surface area contributed by atoms with Gasteiger partial charge in [0.1, 0.15) is 0 Å². The fourth-order valence-electron chi connectivity index (χ4n) is 5.00. The first-order valence-corrected chi connectivity index (χ1v) is 24.6. The molecule has 0 aliphatic heterocycles. The third kappa shape index (κ3) is 5.66. The Bertz CT molecular complexity index is 1020. The summed E-state index contributed by atoms with van der Waals surface area (Å²) in [6.45, 7) is 18.0. The zero-order chi connectivity index (χ0) is 25.4. The van der Waals surface area contributed by atoms with Crippen LogP contribution in [0.1, 0.15) is 101 Å². The van der Waals surface area contributed by atoms with Crippen molar-refractivity contribution in [1.29, 1.82) is 0 Å². The molecule has 0 heterocycles. The van der Waals surface area contributed by atoms with Crippen molar-refractivity contribution in [1.82, 2.24) is 0 Å². The maximum atomic E-state index is 7.04. The Morgan fingerprint density at radius 3 is 0.971 bits per heavy atom. The molecule has 0 bridgehead atoms. The van der Waals surface area contributed by atoms with E-state index in [-0.39, 0.29) is 0 Å². The molecule has 3 aromatic rings. The van der Waals surface area contributed by atoms with Crippen LogP contribution in [0, 0.1) is 0 Å². The van der Waals surface area contributed by atoms with Crippen molar-refractivity contribution >= 4 is 45.3 Å². The normalized spacial score (nSPS) is 12.4. The van der Waals surface area contributed by atoms with Crippen molar-refractivity contribution < 1.29 is 0 Å². The van der Waals surface area contributed by atoms with E-state index in [1.165, 1.54) is 33.4 Å². The molecule has 0 saturated heterocycles. The van der Waals surface area contributed by atoms with Gasteiger partial charge in [0, 0.05) is 0 Å². The van der Waals surface area contributed by atoms with Crippen LogP contribution in [0.2, 0.25) is 0 Å². The number of hydrogen-bond acceptors (Lipinski definition) is 0. The number of hydrogen-bond donors (Lipinski definition) is 0. The van der Waals surface area contributed by atoms with Crippen molar-refractivity contribution in [2.75, 3.05) is 0 Å². The first kappa shape index (κ1) is 27.9. The second-order valence-electron chi connectivity index (χ2n) is 10.5. The van der Waals surface area contributed by atoms with E-state index in [0.29, 0.717) is 23.7 Å². The molecule has 182 valence electrons. The summed E-state index contributed by atoms with van der Waals surface area (Å²) in [6, 6.07) is 19.8. The molecule has 0 amide bonds. The molecule has 0 aliphatic rings. The van der Waals surface area contributed by atoms with Crippen LogP contribution in [0.4, 0.5) is 0 Å². The number of benzene rings is 3. The zero-order valence-corrected chi connectivity index (χ0v) is 26.8. The quantitative estimate of drug-likeness (QED) is 0.230. The Kier molecular flexibility index (Phi) is 9.16. The van der Waals surface area contributed by atoms with Crippen LogP contribution in [-0.2, 0) is 0 Å².